The molecule has 18 heavy (non-hydrogen) atoms. The number of nitrogens with zero attached hydrogens (tertiary/aromatic N) is 1. The standard InChI is InChI=1S/C14H21N3O/c1-3-14(15)9-17(10-14)11(2)13(18)16-12-7-5-4-6-8-12/h4-8,11H,3,9-10,15H2,1-2H3,(H,16,18). The maximum Gasteiger partial charge on any atom is 0.241 e. The van der Waals surface area contributed by atoms with Crippen molar-refractivity contribution >= 4 is 11.6 Å². The van der Waals surface area contributed by atoms with Crippen LogP contribution in [0.2, 0.25) is 0 Å². The van der Waals surface area contributed by atoms with Crippen LogP contribution in [0.1, 0.15) is 20.3 Å². The molecular formula is C14H21N3O. The van der Waals surface area contributed by atoms with Crippen molar-refractivity contribution in [3.05, 3.63) is 30.3 Å². The molecule has 1 unspecified atom stereocenters. The molecule has 1 aromatic rings. The van der Waals surface area contributed by atoms with Gasteiger partial charge in [-0.2, -0.15) is 0 Å². The van der Waals surface area contributed by atoms with Gasteiger partial charge in [-0.15, -0.1) is 0 Å². The Morgan fingerprint density at radius 2 is 2.06 bits per heavy atom. The number of benzene rings is 1. The van der Waals surface area contributed by atoms with Crippen LogP contribution in [0.4, 0.5) is 5.69 Å². The summed E-state index contributed by atoms with van der Waals surface area (Å²) in [5.74, 6) is 0.0272. The van der Waals surface area contributed by atoms with E-state index in [0.717, 1.165) is 25.2 Å². The Hall–Kier alpha value is -1.39. The molecule has 1 aromatic carbocycles. The number of hydrogen-bond acceptors (Lipinski definition) is 3. The van der Waals surface area contributed by atoms with E-state index in [1.54, 1.807) is 0 Å². The molecule has 1 heterocycles. The number of amides is 1. The summed E-state index contributed by atoms with van der Waals surface area (Å²) < 4.78 is 0. The van der Waals surface area contributed by atoms with E-state index in [0.29, 0.717) is 0 Å². The highest BCUT2D eigenvalue weighted by Crippen LogP contribution is 2.24. The molecule has 0 spiro atoms. The van der Waals surface area contributed by atoms with E-state index < -0.39 is 0 Å². The van der Waals surface area contributed by atoms with E-state index >= 15 is 0 Å². The lowest BCUT2D eigenvalue weighted by atomic mass is 9.87. The maximum atomic E-state index is 12.1. The van der Waals surface area contributed by atoms with Crippen molar-refractivity contribution in [2.24, 2.45) is 5.73 Å². The fourth-order valence-electron chi connectivity index (χ4n) is 2.19. The van der Waals surface area contributed by atoms with Gasteiger partial charge in [0.15, 0.2) is 0 Å². The smallest absolute Gasteiger partial charge is 0.241 e. The first-order chi connectivity index (χ1) is 8.54. The highest BCUT2D eigenvalue weighted by atomic mass is 16.2. The molecule has 0 saturated carbocycles. The van der Waals surface area contributed by atoms with Crippen LogP contribution in [0, 0.1) is 0 Å². The number of anilines is 1. The summed E-state index contributed by atoms with van der Waals surface area (Å²) in [4.78, 5) is 14.2. The Balaban J connectivity index is 1.87. The van der Waals surface area contributed by atoms with Gasteiger partial charge in [0.1, 0.15) is 0 Å². The number of carbonyl (C=O) groups excluding carboxylic acids is 1. The summed E-state index contributed by atoms with van der Waals surface area (Å²) >= 11 is 0. The van der Waals surface area contributed by atoms with Gasteiger partial charge in [0.25, 0.3) is 0 Å². The third kappa shape index (κ3) is 2.71. The van der Waals surface area contributed by atoms with Crippen molar-refractivity contribution < 1.29 is 4.79 Å². The molecule has 3 N–H and O–H groups in total. The lowest BCUT2D eigenvalue weighted by molar-refractivity contribution is -0.123. The molecule has 0 radical (unpaired) electrons. The molecule has 2 rings (SSSR count). The summed E-state index contributed by atoms with van der Waals surface area (Å²) in [7, 11) is 0. The first-order valence-corrected chi connectivity index (χ1v) is 6.43. The maximum absolute atomic E-state index is 12.1. The SMILES string of the molecule is CCC1(N)CN(C(C)C(=O)Nc2ccccc2)C1. The molecular weight excluding hydrogens is 226 g/mol. The third-order valence-corrected chi connectivity index (χ3v) is 3.71. The number of nitrogens with two attached hydrogens (primary N) is 1. The van der Waals surface area contributed by atoms with Crippen molar-refractivity contribution in [2.75, 3.05) is 18.4 Å². The molecule has 98 valence electrons. The Labute approximate surface area is 108 Å². The molecule has 4 nitrogen and oxygen atoms in total. The summed E-state index contributed by atoms with van der Waals surface area (Å²) in [5, 5.41) is 2.91. The molecule has 0 bridgehead atoms. The molecule has 1 atom stereocenters. The molecule has 0 aromatic heterocycles. The lowest BCUT2D eigenvalue weighted by Crippen LogP contribution is -2.70. The van der Waals surface area contributed by atoms with Crippen molar-refractivity contribution in [1.82, 2.24) is 4.90 Å². The fourth-order valence-corrected chi connectivity index (χ4v) is 2.19. The monoisotopic (exact) mass is 247 g/mol. The van der Waals surface area contributed by atoms with Gasteiger partial charge >= 0.3 is 0 Å². The van der Waals surface area contributed by atoms with Gasteiger partial charge in [-0.05, 0) is 25.5 Å². The quantitative estimate of drug-likeness (QED) is 0.846. The molecule has 1 aliphatic rings. The normalized spacial score (nSPS) is 19.9. The van der Waals surface area contributed by atoms with Gasteiger partial charge in [0.2, 0.25) is 5.91 Å². The minimum absolute atomic E-state index is 0.0272. The first kappa shape index (κ1) is 13.1. The fraction of sp³-hybridized carbons (Fsp3) is 0.500. The largest absolute Gasteiger partial charge is 0.325 e. The summed E-state index contributed by atoms with van der Waals surface area (Å²) in [5.41, 5.74) is 6.85. The van der Waals surface area contributed by atoms with Gasteiger partial charge in [-0.25, -0.2) is 0 Å². The average molecular weight is 247 g/mol. The highest BCUT2D eigenvalue weighted by molar-refractivity contribution is 5.94. The Morgan fingerprint density at radius 3 is 2.61 bits per heavy atom. The minimum atomic E-state index is -0.131. The van der Waals surface area contributed by atoms with Crippen molar-refractivity contribution in [3.8, 4) is 0 Å². The first-order valence-electron chi connectivity index (χ1n) is 6.43. The zero-order chi connectivity index (χ0) is 13.2. The van der Waals surface area contributed by atoms with E-state index in [9.17, 15) is 4.79 Å². The van der Waals surface area contributed by atoms with E-state index in [1.807, 2.05) is 37.3 Å². The number of nitrogens with one attached hydrogen (secondary N) is 1. The Kier molecular flexibility index (Phi) is 3.68. The lowest BCUT2D eigenvalue weighted by Gasteiger charge is -2.49. The second kappa shape index (κ2) is 5.08. The topological polar surface area (TPSA) is 58.4 Å². The number of rotatable bonds is 4. The summed E-state index contributed by atoms with van der Waals surface area (Å²) in [6.07, 6.45) is 0.955. The number of para-hydroxylation sites is 1. The van der Waals surface area contributed by atoms with Crippen LogP contribution in [0.3, 0.4) is 0 Å². The van der Waals surface area contributed by atoms with Crippen LogP contribution in [0.5, 0.6) is 0 Å². The number of hydrogen-bond donors (Lipinski definition) is 2. The molecule has 0 aliphatic carbocycles. The minimum Gasteiger partial charge on any atom is -0.325 e. The zero-order valence-corrected chi connectivity index (χ0v) is 11.0. The van der Waals surface area contributed by atoms with Crippen LogP contribution >= 0.6 is 0 Å². The van der Waals surface area contributed by atoms with Gasteiger partial charge in [0.05, 0.1) is 6.04 Å². The second-order valence-electron chi connectivity index (χ2n) is 5.15. The van der Waals surface area contributed by atoms with E-state index in [1.165, 1.54) is 0 Å². The third-order valence-electron chi connectivity index (χ3n) is 3.71. The average Bonchev–Trinajstić information content (AvgIpc) is 2.35. The second-order valence-corrected chi connectivity index (χ2v) is 5.15. The predicted octanol–water partition coefficient (Wildman–Crippen LogP) is 1.44. The molecule has 1 saturated heterocycles. The molecule has 1 fully saturated rings. The highest BCUT2D eigenvalue weighted by Gasteiger charge is 2.41. The number of carbonyl (C=O) groups is 1. The van der Waals surface area contributed by atoms with E-state index in [4.69, 9.17) is 5.73 Å². The molecule has 4 heteroatoms. The summed E-state index contributed by atoms with van der Waals surface area (Å²) in [6, 6.07) is 9.39. The van der Waals surface area contributed by atoms with Crippen molar-refractivity contribution in [1.29, 1.82) is 0 Å². The van der Waals surface area contributed by atoms with Crippen molar-refractivity contribution in [3.63, 3.8) is 0 Å². The Bertz CT molecular complexity index is 412. The van der Waals surface area contributed by atoms with Crippen LogP contribution in [0.25, 0.3) is 0 Å². The van der Waals surface area contributed by atoms with Crippen LogP contribution in [-0.4, -0.2) is 35.5 Å². The van der Waals surface area contributed by atoms with Crippen LogP contribution in [-0.2, 0) is 4.79 Å². The summed E-state index contributed by atoms with van der Waals surface area (Å²) in [6.45, 7) is 5.61. The van der Waals surface area contributed by atoms with Gasteiger partial charge < -0.3 is 11.1 Å². The molecule has 1 aliphatic heterocycles. The zero-order valence-electron chi connectivity index (χ0n) is 11.0. The predicted molar refractivity (Wildman–Crippen MR) is 73.3 cm³/mol. The van der Waals surface area contributed by atoms with Gasteiger partial charge in [-0.3, -0.25) is 9.69 Å². The number of likely N-dealkylation sites (tertiary alicyclic amines) is 1. The van der Waals surface area contributed by atoms with Gasteiger partial charge in [-0.1, -0.05) is 25.1 Å². The molecule has 1 amide bonds. The van der Waals surface area contributed by atoms with Gasteiger partial charge in [0, 0.05) is 24.3 Å². The van der Waals surface area contributed by atoms with E-state index in [-0.39, 0.29) is 17.5 Å². The van der Waals surface area contributed by atoms with E-state index in [2.05, 4.69) is 17.1 Å². The Morgan fingerprint density at radius 1 is 1.44 bits per heavy atom. The van der Waals surface area contributed by atoms with Crippen LogP contribution < -0.4 is 11.1 Å². The van der Waals surface area contributed by atoms with Crippen molar-refractivity contribution in [2.45, 2.75) is 31.8 Å². The van der Waals surface area contributed by atoms with Crippen LogP contribution in [0.15, 0.2) is 30.3 Å².